The van der Waals surface area contributed by atoms with Crippen LogP contribution >= 0.6 is 11.6 Å². The first-order chi connectivity index (χ1) is 17.8. The first-order valence-electron chi connectivity index (χ1n) is 10.9. The summed E-state index contributed by atoms with van der Waals surface area (Å²) in [5, 5.41) is 0.485. The number of likely N-dealkylation sites (N-methyl/N-ethyl adjacent to an activating group) is 1. The highest BCUT2D eigenvalue weighted by Crippen LogP contribution is 2.37. The second kappa shape index (κ2) is 10.6. The monoisotopic (exact) mass is 571 g/mol. The van der Waals surface area contributed by atoms with Crippen molar-refractivity contribution in [1.29, 1.82) is 0 Å². The molecule has 0 fully saturated rings. The standard InChI is InChI=1S/C23H21ClF3N5O5S/c1-29(2)18(33)13-32-21(34)19-20(30(3)38(32)35)28-22(31(19)12-14-7-9-15(24)10-8-14)36-16-5-4-6-17(11-16)37-23(25,26)27/h4-11H,12-13H2,1-3H3. The van der Waals surface area contributed by atoms with Gasteiger partial charge in [0.15, 0.2) is 12.2 Å². The number of ether oxygens (including phenoxy) is 2. The van der Waals surface area contributed by atoms with Crippen molar-refractivity contribution in [3.05, 3.63) is 64.8 Å². The molecule has 15 heteroatoms. The molecule has 202 valence electrons. The first-order valence-corrected chi connectivity index (χ1v) is 12.3. The van der Waals surface area contributed by atoms with E-state index in [1.807, 2.05) is 0 Å². The van der Waals surface area contributed by atoms with Crippen LogP contribution in [-0.2, 0) is 22.9 Å². The van der Waals surface area contributed by atoms with Crippen LogP contribution < -0.4 is 13.8 Å². The second-order valence-electron chi connectivity index (χ2n) is 8.26. The fraction of sp³-hybridized carbons (Fsp3) is 0.261. The highest BCUT2D eigenvalue weighted by Gasteiger charge is 2.46. The summed E-state index contributed by atoms with van der Waals surface area (Å²) in [6.07, 6.45) is -4.91. The number of nitrogens with zero attached hydrogens (tertiary/aromatic N) is 5. The summed E-state index contributed by atoms with van der Waals surface area (Å²) in [4.78, 5) is 31.5. The lowest BCUT2D eigenvalue weighted by Crippen LogP contribution is -2.53. The van der Waals surface area contributed by atoms with Crippen LogP contribution in [0.1, 0.15) is 16.1 Å². The smallest absolute Gasteiger partial charge is 0.568 e. The number of alkyl halides is 3. The zero-order chi connectivity index (χ0) is 27.8. The van der Waals surface area contributed by atoms with E-state index in [-0.39, 0.29) is 29.8 Å². The fourth-order valence-electron chi connectivity index (χ4n) is 3.49. The Bertz CT molecular complexity index is 1350. The van der Waals surface area contributed by atoms with Gasteiger partial charge < -0.3 is 18.9 Å². The van der Waals surface area contributed by atoms with Gasteiger partial charge in [0.1, 0.15) is 11.5 Å². The van der Waals surface area contributed by atoms with Crippen molar-refractivity contribution >= 4 is 40.8 Å². The summed E-state index contributed by atoms with van der Waals surface area (Å²) in [6, 6.07) is 11.3. The third-order valence-electron chi connectivity index (χ3n) is 5.34. The number of carbonyl (C=O) groups is 2. The molecule has 1 aromatic heterocycles. The van der Waals surface area contributed by atoms with E-state index in [4.69, 9.17) is 16.3 Å². The van der Waals surface area contributed by atoms with Crippen molar-refractivity contribution < 1.29 is 36.8 Å². The van der Waals surface area contributed by atoms with Gasteiger partial charge in [0.25, 0.3) is 0 Å². The van der Waals surface area contributed by atoms with Crippen LogP contribution in [0.15, 0.2) is 48.5 Å². The summed E-state index contributed by atoms with van der Waals surface area (Å²) >= 11 is 3.90. The maximum atomic E-state index is 13.5. The Morgan fingerprint density at radius 1 is 1.16 bits per heavy atom. The molecule has 0 N–H and O–H groups in total. The molecule has 1 aliphatic heterocycles. The number of fused-ring (bicyclic) bond motifs is 1. The van der Waals surface area contributed by atoms with E-state index in [0.717, 1.165) is 16.4 Å². The second-order valence-corrected chi connectivity index (χ2v) is 10.1. The van der Waals surface area contributed by atoms with Gasteiger partial charge in [-0.25, -0.2) is 0 Å². The molecule has 3 aromatic rings. The number of rotatable bonds is 7. The highest BCUT2D eigenvalue weighted by atomic mass is 35.5. The molecule has 0 bridgehead atoms. The van der Waals surface area contributed by atoms with Gasteiger partial charge in [-0.05, 0) is 29.8 Å². The van der Waals surface area contributed by atoms with E-state index in [1.54, 1.807) is 24.3 Å². The van der Waals surface area contributed by atoms with Crippen LogP contribution in [0.3, 0.4) is 0 Å². The number of benzene rings is 2. The Hall–Kier alpha value is -3.62. The molecule has 2 aromatic carbocycles. The van der Waals surface area contributed by atoms with E-state index in [0.29, 0.717) is 10.6 Å². The minimum absolute atomic E-state index is 0.00791. The van der Waals surface area contributed by atoms with E-state index in [9.17, 15) is 27.3 Å². The zero-order valence-electron chi connectivity index (χ0n) is 20.2. The average Bonchev–Trinajstić information content (AvgIpc) is 3.18. The Morgan fingerprint density at radius 3 is 2.45 bits per heavy atom. The number of halogens is 4. The topological polar surface area (TPSA) is 103 Å². The van der Waals surface area contributed by atoms with Crippen LogP contribution in [0, 0.1) is 0 Å². The number of amides is 2. The zero-order valence-corrected chi connectivity index (χ0v) is 21.8. The molecular weight excluding hydrogens is 551 g/mol. The van der Waals surface area contributed by atoms with Crippen LogP contribution in [-0.4, -0.2) is 69.2 Å². The van der Waals surface area contributed by atoms with E-state index < -0.39 is 42.0 Å². The molecule has 2 heterocycles. The lowest BCUT2D eigenvalue weighted by molar-refractivity contribution is -0.274. The van der Waals surface area contributed by atoms with Crippen LogP contribution in [0.2, 0.25) is 5.02 Å². The van der Waals surface area contributed by atoms with Gasteiger partial charge in [-0.2, -0.15) is 9.29 Å². The number of hydrogen-bond acceptors (Lipinski definition) is 7. The summed E-state index contributed by atoms with van der Waals surface area (Å²) in [5.74, 6) is -1.75. The number of aromatic nitrogens is 2. The molecule has 1 aliphatic rings. The van der Waals surface area contributed by atoms with E-state index >= 15 is 0 Å². The first kappa shape index (κ1) is 27.4. The molecule has 0 saturated carbocycles. The van der Waals surface area contributed by atoms with Gasteiger partial charge in [-0.1, -0.05) is 29.8 Å². The fourth-order valence-corrected chi connectivity index (χ4v) is 4.64. The van der Waals surface area contributed by atoms with Crippen molar-refractivity contribution in [2.24, 2.45) is 0 Å². The Morgan fingerprint density at radius 2 is 1.82 bits per heavy atom. The Labute approximate surface area is 223 Å². The third-order valence-corrected chi connectivity index (χ3v) is 6.91. The van der Waals surface area contributed by atoms with Crippen LogP contribution in [0.25, 0.3) is 0 Å². The van der Waals surface area contributed by atoms with Gasteiger partial charge in [-0.3, -0.25) is 14.2 Å². The van der Waals surface area contributed by atoms with E-state index in [1.165, 1.54) is 47.0 Å². The molecule has 0 aliphatic carbocycles. The molecule has 0 saturated heterocycles. The predicted octanol–water partition coefficient (Wildman–Crippen LogP) is 3.83. The maximum absolute atomic E-state index is 13.5. The predicted molar refractivity (Wildman–Crippen MR) is 132 cm³/mol. The molecular formula is C23H21ClF3N5O5S. The largest absolute Gasteiger partial charge is 0.573 e. The molecule has 38 heavy (non-hydrogen) atoms. The van der Waals surface area contributed by atoms with Gasteiger partial charge in [0.2, 0.25) is 23.3 Å². The van der Waals surface area contributed by atoms with Crippen molar-refractivity contribution in [2.75, 3.05) is 32.0 Å². The summed E-state index contributed by atoms with van der Waals surface area (Å²) < 4.78 is 64.4. The van der Waals surface area contributed by atoms with Gasteiger partial charge in [0.05, 0.1) is 13.6 Å². The molecule has 1 unspecified atom stereocenters. The van der Waals surface area contributed by atoms with Gasteiger partial charge in [-0.15, -0.1) is 17.5 Å². The van der Waals surface area contributed by atoms with Crippen molar-refractivity contribution in [1.82, 2.24) is 18.8 Å². The summed E-state index contributed by atoms with van der Waals surface area (Å²) in [7, 11) is 4.43. The number of imidazole rings is 1. The maximum Gasteiger partial charge on any atom is 0.573 e. The Balaban J connectivity index is 1.77. The summed E-state index contributed by atoms with van der Waals surface area (Å²) in [5.41, 5.74) is 0.665. The average molecular weight is 572 g/mol. The lowest BCUT2D eigenvalue weighted by Gasteiger charge is -2.32. The van der Waals surface area contributed by atoms with Crippen LogP contribution in [0.4, 0.5) is 19.0 Å². The van der Waals surface area contributed by atoms with Crippen LogP contribution in [0.5, 0.6) is 17.5 Å². The minimum atomic E-state index is -4.91. The highest BCUT2D eigenvalue weighted by molar-refractivity contribution is 7.91. The quantitative estimate of drug-likeness (QED) is 0.397. The van der Waals surface area contributed by atoms with Gasteiger partial charge >= 0.3 is 18.3 Å². The Kier molecular flexibility index (Phi) is 7.67. The minimum Gasteiger partial charge on any atom is -0.568 e. The van der Waals surface area contributed by atoms with E-state index in [2.05, 4.69) is 9.72 Å². The molecule has 1 atom stereocenters. The molecule has 2 amide bonds. The van der Waals surface area contributed by atoms with Crippen molar-refractivity contribution in [3.8, 4) is 17.5 Å². The lowest BCUT2D eigenvalue weighted by atomic mass is 10.2. The third kappa shape index (κ3) is 5.92. The number of hydrogen-bond donors (Lipinski definition) is 0. The molecule has 10 nitrogen and oxygen atoms in total. The summed E-state index contributed by atoms with van der Waals surface area (Å²) in [6.45, 7) is -0.420. The number of anilines is 1. The van der Waals surface area contributed by atoms with Crippen molar-refractivity contribution in [3.63, 3.8) is 0 Å². The molecule has 0 radical (unpaired) electrons. The molecule has 0 spiro atoms. The number of carbonyl (C=O) groups excluding carboxylic acids is 2. The molecule has 4 rings (SSSR count). The SMILES string of the molecule is CN(C)C(=O)CN1C(=O)c2c(nc(Oc3cccc(OC(F)(F)F)c3)n2Cc2ccc(Cl)cc2)N(C)[S+]1[O-]. The van der Waals surface area contributed by atoms with Crippen molar-refractivity contribution in [2.45, 2.75) is 12.9 Å². The van der Waals surface area contributed by atoms with Gasteiger partial charge in [0, 0.05) is 25.2 Å². The normalized spacial score (nSPS) is 15.4.